The fraction of sp³-hybridized carbons (Fsp3) is 0.211. The Balaban J connectivity index is 1.65. The standard InChI is InChI=1S/C19H14F3NO4/c20-19(21,22)14-3-1-2-12(10-14)11-27-18(26)13-4-6-15(7-5-13)23-16(24)8-9-17(23)25/h1-7,10H,8-9,11H2. The predicted molar refractivity (Wildman–Crippen MR) is 88.7 cm³/mol. The highest BCUT2D eigenvalue weighted by molar-refractivity contribution is 6.19. The molecule has 1 aliphatic rings. The number of carbonyl (C=O) groups excluding carboxylic acids is 3. The monoisotopic (exact) mass is 377 g/mol. The lowest BCUT2D eigenvalue weighted by Gasteiger charge is -2.14. The van der Waals surface area contributed by atoms with Gasteiger partial charge in [-0.15, -0.1) is 0 Å². The second-order valence-corrected chi connectivity index (χ2v) is 5.94. The lowest BCUT2D eigenvalue weighted by Crippen LogP contribution is -2.28. The van der Waals surface area contributed by atoms with Gasteiger partial charge in [-0.3, -0.25) is 14.5 Å². The van der Waals surface area contributed by atoms with Gasteiger partial charge in [-0.2, -0.15) is 13.2 Å². The van der Waals surface area contributed by atoms with E-state index in [1.54, 1.807) is 0 Å². The number of imide groups is 1. The summed E-state index contributed by atoms with van der Waals surface area (Å²) >= 11 is 0. The summed E-state index contributed by atoms with van der Waals surface area (Å²) in [5.74, 6) is -1.34. The van der Waals surface area contributed by atoms with Crippen molar-refractivity contribution in [1.82, 2.24) is 0 Å². The molecule has 1 fully saturated rings. The van der Waals surface area contributed by atoms with E-state index in [9.17, 15) is 27.6 Å². The number of benzene rings is 2. The Hall–Kier alpha value is -3.16. The third-order valence-corrected chi connectivity index (χ3v) is 4.04. The van der Waals surface area contributed by atoms with E-state index in [2.05, 4.69) is 0 Å². The largest absolute Gasteiger partial charge is 0.457 e. The number of hydrogen-bond donors (Lipinski definition) is 0. The molecule has 0 aromatic heterocycles. The van der Waals surface area contributed by atoms with E-state index in [-0.39, 0.29) is 42.4 Å². The topological polar surface area (TPSA) is 63.7 Å². The summed E-state index contributed by atoms with van der Waals surface area (Å²) in [6, 6.07) is 10.2. The number of nitrogens with zero attached hydrogens (tertiary/aromatic N) is 1. The molecule has 2 aromatic carbocycles. The summed E-state index contributed by atoms with van der Waals surface area (Å²) in [4.78, 5) is 36.5. The van der Waals surface area contributed by atoms with Crippen molar-refractivity contribution in [3.63, 3.8) is 0 Å². The van der Waals surface area contributed by atoms with E-state index in [1.165, 1.54) is 36.4 Å². The Morgan fingerprint density at radius 3 is 2.22 bits per heavy atom. The molecule has 0 aliphatic carbocycles. The van der Waals surface area contributed by atoms with Gasteiger partial charge in [0.25, 0.3) is 0 Å². The van der Waals surface area contributed by atoms with Crippen molar-refractivity contribution < 1.29 is 32.3 Å². The molecular weight excluding hydrogens is 363 g/mol. The van der Waals surface area contributed by atoms with Crippen LogP contribution in [0.25, 0.3) is 0 Å². The van der Waals surface area contributed by atoms with Crippen LogP contribution in [0.15, 0.2) is 48.5 Å². The van der Waals surface area contributed by atoms with Gasteiger partial charge in [-0.05, 0) is 42.0 Å². The Morgan fingerprint density at radius 2 is 1.63 bits per heavy atom. The van der Waals surface area contributed by atoms with Gasteiger partial charge in [0.05, 0.1) is 16.8 Å². The number of anilines is 1. The zero-order valence-electron chi connectivity index (χ0n) is 14.0. The molecule has 1 heterocycles. The molecule has 0 unspecified atom stereocenters. The molecule has 0 radical (unpaired) electrons. The highest BCUT2D eigenvalue weighted by Gasteiger charge is 2.31. The van der Waals surface area contributed by atoms with E-state index in [0.29, 0.717) is 5.69 Å². The van der Waals surface area contributed by atoms with Crippen molar-refractivity contribution in [1.29, 1.82) is 0 Å². The van der Waals surface area contributed by atoms with Crippen LogP contribution < -0.4 is 4.90 Å². The maximum atomic E-state index is 12.7. The second kappa shape index (κ2) is 7.22. The number of esters is 1. The number of alkyl halides is 3. The van der Waals surface area contributed by atoms with E-state index >= 15 is 0 Å². The normalized spacial score (nSPS) is 14.6. The minimum absolute atomic E-state index is 0.152. The maximum Gasteiger partial charge on any atom is 0.416 e. The molecule has 8 heteroatoms. The highest BCUT2D eigenvalue weighted by atomic mass is 19.4. The summed E-state index contributed by atoms with van der Waals surface area (Å²) in [6.45, 7) is -0.312. The van der Waals surface area contributed by atoms with Gasteiger partial charge in [0.15, 0.2) is 0 Å². The number of rotatable bonds is 4. The van der Waals surface area contributed by atoms with Gasteiger partial charge in [-0.1, -0.05) is 12.1 Å². The smallest absolute Gasteiger partial charge is 0.416 e. The Labute approximate surface area is 152 Å². The number of halogens is 3. The minimum atomic E-state index is -4.47. The van der Waals surface area contributed by atoms with Crippen LogP contribution in [0.4, 0.5) is 18.9 Å². The highest BCUT2D eigenvalue weighted by Crippen LogP contribution is 2.29. The first-order chi connectivity index (χ1) is 12.8. The van der Waals surface area contributed by atoms with Gasteiger partial charge in [0, 0.05) is 12.8 Å². The van der Waals surface area contributed by atoms with Gasteiger partial charge >= 0.3 is 12.1 Å². The molecule has 5 nitrogen and oxygen atoms in total. The summed E-state index contributed by atoms with van der Waals surface area (Å²) in [5, 5.41) is 0. The molecule has 1 aliphatic heterocycles. The summed E-state index contributed by atoms with van der Waals surface area (Å²) in [6.07, 6.45) is -4.17. The van der Waals surface area contributed by atoms with Crippen LogP contribution in [-0.4, -0.2) is 17.8 Å². The molecule has 0 spiro atoms. The third-order valence-electron chi connectivity index (χ3n) is 4.04. The second-order valence-electron chi connectivity index (χ2n) is 5.94. The molecule has 3 rings (SSSR count). The molecule has 0 saturated carbocycles. The first-order valence-electron chi connectivity index (χ1n) is 8.05. The van der Waals surface area contributed by atoms with Crippen molar-refractivity contribution in [3.8, 4) is 0 Å². The van der Waals surface area contributed by atoms with Crippen LogP contribution in [0, 0.1) is 0 Å². The van der Waals surface area contributed by atoms with Crippen LogP contribution in [-0.2, 0) is 27.1 Å². The molecule has 0 bridgehead atoms. The SMILES string of the molecule is O=C(OCc1cccc(C(F)(F)F)c1)c1ccc(N2C(=O)CCC2=O)cc1. The van der Waals surface area contributed by atoms with Crippen molar-refractivity contribution >= 4 is 23.5 Å². The lowest BCUT2D eigenvalue weighted by atomic mass is 10.1. The molecule has 27 heavy (non-hydrogen) atoms. The quantitative estimate of drug-likeness (QED) is 0.602. The molecule has 140 valence electrons. The fourth-order valence-electron chi connectivity index (χ4n) is 2.68. The summed E-state index contributed by atoms with van der Waals surface area (Å²) < 4.78 is 43.1. The van der Waals surface area contributed by atoms with Crippen LogP contribution >= 0.6 is 0 Å². The van der Waals surface area contributed by atoms with Gasteiger partial charge in [-0.25, -0.2) is 4.79 Å². The number of hydrogen-bond acceptors (Lipinski definition) is 4. The molecule has 2 aromatic rings. The zero-order chi connectivity index (χ0) is 19.6. The zero-order valence-corrected chi connectivity index (χ0v) is 14.0. The number of amides is 2. The minimum Gasteiger partial charge on any atom is -0.457 e. The van der Waals surface area contributed by atoms with E-state index < -0.39 is 17.7 Å². The summed E-state index contributed by atoms with van der Waals surface area (Å²) in [5.41, 5.74) is -0.0925. The van der Waals surface area contributed by atoms with Gasteiger partial charge in [0.1, 0.15) is 6.61 Å². The van der Waals surface area contributed by atoms with Crippen LogP contribution in [0.5, 0.6) is 0 Å². The van der Waals surface area contributed by atoms with Crippen molar-refractivity contribution in [3.05, 3.63) is 65.2 Å². The first-order valence-corrected chi connectivity index (χ1v) is 8.05. The van der Waals surface area contributed by atoms with Crippen molar-refractivity contribution in [2.24, 2.45) is 0 Å². The fourth-order valence-corrected chi connectivity index (χ4v) is 2.68. The van der Waals surface area contributed by atoms with E-state index in [1.807, 2.05) is 0 Å². The van der Waals surface area contributed by atoms with Gasteiger partial charge < -0.3 is 4.74 Å². The summed E-state index contributed by atoms with van der Waals surface area (Å²) in [7, 11) is 0. The Bertz CT molecular complexity index is 875. The predicted octanol–water partition coefficient (Wildman–Crippen LogP) is 3.72. The molecule has 1 saturated heterocycles. The van der Waals surface area contributed by atoms with Crippen LogP contribution in [0.1, 0.15) is 34.3 Å². The molecule has 0 atom stereocenters. The average Bonchev–Trinajstić information content (AvgIpc) is 2.98. The van der Waals surface area contributed by atoms with Crippen molar-refractivity contribution in [2.75, 3.05) is 4.90 Å². The maximum absolute atomic E-state index is 12.7. The third kappa shape index (κ3) is 4.16. The van der Waals surface area contributed by atoms with Crippen LogP contribution in [0.2, 0.25) is 0 Å². The van der Waals surface area contributed by atoms with E-state index in [0.717, 1.165) is 17.0 Å². The van der Waals surface area contributed by atoms with Gasteiger partial charge in [0.2, 0.25) is 11.8 Å². The average molecular weight is 377 g/mol. The number of carbonyl (C=O) groups is 3. The first kappa shape index (κ1) is 18.6. The molecule has 2 amide bonds. The Morgan fingerprint density at radius 1 is 1.00 bits per heavy atom. The van der Waals surface area contributed by atoms with E-state index in [4.69, 9.17) is 4.74 Å². The molecular formula is C19H14F3NO4. The lowest BCUT2D eigenvalue weighted by molar-refractivity contribution is -0.137. The Kier molecular flexibility index (Phi) is 4.98. The van der Waals surface area contributed by atoms with Crippen molar-refractivity contribution in [2.45, 2.75) is 25.6 Å². The number of ether oxygens (including phenoxy) is 1. The molecule has 0 N–H and O–H groups in total. The van der Waals surface area contributed by atoms with Crippen LogP contribution in [0.3, 0.4) is 0 Å².